The van der Waals surface area contributed by atoms with Gasteiger partial charge in [-0.05, 0) is 0 Å². The molecule has 0 unspecified atom stereocenters. The molecule has 0 spiro atoms. The summed E-state index contributed by atoms with van der Waals surface area (Å²) in [7, 11) is 0. The summed E-state index contributed by atoms with van der Waals surface area (Å²) in [5.74, 6) is 0. The monoisotopic (exact) mass is 277 g/mol. The molecule has 15 heteroatoms. The fourth-order valence-corrected chi connectivity index (χ4v) is 1.10. The molecule has 0 rings (SSSR count). The predicted molar refractivity (Wildman–Crippen MR) is 38.0 cm³/mol. The quantitative estimate of drug-likeness (QED) is 0.479. The molecule has 0 radical (unpaired) electrons. The molecular formula is H6CoN6O8. The van der Waals surface area contributed by atoms with Crippen molar-refractivity contribution in [3.8, 4) is 0 Å². The minimum absolute atomic E-state index is 0. The van der Waals surface area contributed by atoms with Gasteiger partial charge in [0.25, 0.3) is 0 Å². The van der Waals surface area contributed by atoms with Crippen molar-refractivity contribution < 1.29 is 29.4 Å². The first kappa shape index (κ1) is 18.7. The van der Waals surface area contributed by atoms with Crippen LogP contribution in [0, 0.1) is 40.5 Å². The summed E-state index contributed by atoms with van der Waals surface area (Å²) < 4.78 is -8.31. The summed E-state index contributed by atoms with van der Waals surface area (Å²) in [6, 6.07) is 0. The van der Waals surface area contributed by atoms with E-state index in [1.54, 1.807) is 0 Å². The number of nitro groups is 4. The van der Waals surface area contributed by atoms with Gasteiger partial charge in [-0.3, -0.25) is 0 Å². The van der Waals surface area contributed by atoms with Crippen LogP contribution < -0.4 is 12.3 Å². The van der Waals surface area contributed by atoms with E-state index in [-0.39, 0.29) is 12.3 Å². The Hall–Kier alpha value is -1.97. The van der Waals surface area contributed by atoms with Crippen molar-refractivity contribution in [1.29, 1.82) is 0 Å². The van der Waals surface area contributed by atoms with Crippen LogP contribution in [0.5, 0.6) is 0 Å². The Bertz CT molecular complexity index is 234. The molecule has 0 saturated carbocycles. The first-order valence-corrected chi connectivity index (χ1v) is 3.92. The van der Waals surface area contributed by atoms with Crippen LogP contribution in [-0.2, 0) is 13.5 Å². The Balaban J connectivity index is -0.000000720. The minimum atomic E-state index is -5.88. The Kier molecular flexibility index (Phi) is 7.11. The molecule has 0 aromatic rings. The van der Waals surface area contributed by atoms with Gasteiger partial charge in [0.15, 0.2) is 0 Å². The fourth-order valence-electron chi connectivity index (χ4n) is 0.267. The van der Waals surface area contributed by atoms with Crippen LogP contribution >= 0.6 is 0 Å². The van der Waals surface area contributed by atoms with Crippen molar-refractivity contribution in [3.05, 3.63) is 40.5 Å². The predicted octanol–water partition coefficient (Wildman–Crippen LogP) is -0.769. The van der Waals surface area contributed by atoms with Crippen LogP contribution in [0.4, 0.5) is 0 Å². The van der Waals surface area contributed by atoms with Gasteiger partial charge in [0.1, 0.15) is 0 Å². The van der Waals surface area contributed by atoms with Gasteiger partial charge in [0, 0.05) is 0 Å². The van der Waals surface area contributed by atoms with Crippen molar-refractivity contribution in [1.82, 2.24) is 12.3 Å². The third-order valence-electron chi connectivity index (χ3n) is 0.653. The molecule has 0 aliphatic rings. The molecule has 0 aliphatic carbocycles. The third-order valence-corrected chi connectivity index (χ3v) is 2.69. The zero-order valence-corrected chi connectivity index (χ0v) is 7.84. The standard InChI is InChI=1S/Co.4NO2.2H3N/c;4*2-1-3;;/h;;;;;2*1H3. The van der Waals surface area contributed by atoms with Crippen molar-refractivity contribution in [3.63, 3.8) is 0 Å². The molecule has 0 heterocycles. The second-order valence-electron chi connectivity index (χ2n) is 1.19. The van der Waals surface area contributed by atoms with Gasteiger partial charge in [-0.25, -0.2) is 0 Å². The molecule has 0 aliphatic heterocycles. The SMILES string of the molecule is N.N.O=[N+]([O-])[Co]([N+](=O)[O-])([N+](=O)[O-])[N+](=O)[O-]. The van der Waals surface area contributed by atoms with E-state index in [1.165, 1.54) is 0 Å². The summed E-state index contributed by atoms with van der Waals surface area (Å²) in [5, 5.41) is 39.5. The molecule has 0 saturated heterocycles. The zero-order chi connectivity index (χ0) is 10.8. The van der Waals surface area contributed by atoms with E-state index in [0.29, 0.717) is 0 Å². The topological polar surface area (TPSA) is 243 Å². The number of hydrogen-bond acceptors (Lipinski definition) is 10. The van der Waals surface area contributed by atoms with E-state index in [2.05, 4.69) is 0 Å². The molecule has 0 aromatic carbocycles. The van der Waals surface area contributed by atoms with E-state index in [9.17, 15) is 40.5 Å². The molecule has 15 heavy (non-hydrogen) atoms. The summed E-state index contributed by atoms with van der Waals surface area (Å²) >= 11 is -5.88. The molecule has 6 N–H and O–H groups in total. The van der Waals surface area contributed by atoms with Crippen molar-refractivity contribution in [2.24, 2.45) is 0 Å². The van der Waals surface area contributed by atoms with Crippen LogP contribution in [-0.4, -0.2) is 15.9 Å². The Morgan fingerprint density at radius 1 is 0.600 bits per heavy atom. The average Bonchev–Trinajstić information content (AvgIpc) is 1.82. The third kappa shape index (κ3) is 2.49. The molecule has 0 fully saturated rings. The van der Waals surface area contributed by atoms with E-state index >= 15 is 0 Å². The van der Waals surface area contributed by atoms with Gasteiger partial charge in [0.05, 0.1) is 0 Å². The number of nitrogens with zero attached hydrogens (tertiary/aromatic N) is 4. The summed E-state index contributed by atoms with van der Waals surface area (Å²) in [6.45, 7) is 0. The number of rotatable bonds is 4. The van der Waals surface area contributed by atoms with Gasteiger partial charge in [-0.2, -0.15) is 0 Å². The fraction of sp³-hybridized carbons (Fsp3) is 0. The van der Waals surface area contributed by atoms with Gasteiger partial charge in [-0.1, -0.05) is 0 Å². The summed E-state index contributed by atoms with van der Waals surface area (Å²) in [4.78, 5) is 39.5. The first-order chi connectivity index (χ1) is 5.77. The second kappa shape index (κ2) is 5.69. The van der Waals surface area contributed by atoms with E-state index < -0.39 is 29.4 Å². The van der Waals surface area contributed by atoms with Gasteiger partial charge in [0.2, 0.25) is 0 Å². The Labute approximate surface area is 83.0 Å². The second-order valence-corrected chi connectivity index (χ2v) is 3.95. The van der Waals surface area contributed by atoms with Crippen molar-refractivity contribution >= 4 is 0 Å². The van der Waals surface area contributed by atoms with Crippen molar-refractivity contribution in [2.75, 3.05) is 0 Å². The van der Waals surface area contributed by atoms with Gasteiger partial charge in [-0.15, -0.1) is 0 Å². The van der Waals surface area contributed by atoms with Crippen molar-refractivity contribution in [2.45, 2.75) is 0 Å². The molecule has 0 bridgehead atoms. The maximum atomic E-state index is 9.88. The maximum absolute atomic E-state index is 9.88. The number of hydrogen-bond donors (Lipinski definition) is 2. The molecule has 0 amide bonds. The van der Waals surface area contributed by atoms with Crippen LogP contribution in [0.3, 0.4) is 0 Å². The normalized spacial score (nSPS) is 10.1. The van der Waals surface area contributed by atoms with Crippen LogP contribution in [0.1, 0.15) is 0 Å². The first-order valence-electron chi connectivity index (χ1n) is 2.06. The Morgan fingerprint density at radius 3 is 0.733 bits per heavy atom. The van der Waals surface area contributed by atoms with Gasteiger partial charge >= 0.3 is 69.8 Å². The molecule has 0 aromatic heterocycles. The molecule has 93 valence electrons. The van der Waals surface area contributed by atoms with E-state index in [1.807, 2.05) is 0 Å². The summed E-state index contributed by atoms with van der Waals surface area (Å²) in [5.41, 5.74) is 0. The van der Waals surface area contributed by atoms with E-state index in [0.717, 1.165) is 0 Å². The van der Waals surface area contributed by atoms with E-state index in [4.69, 9.17) is 0 Å². The van der Waals surface area contributed by atoms with Crippen LogP contribution in [0.25, 0.3) is 0 Å². The van der Waals surface area contributed by atoms with Crippen LogP contribution in [0.2, 0.25) is 0 Å². The zero-order valence-electron chi connectivity index (χ0n) is 6.80. The summed E-state index contributed by atoms with van der Waals surface area (Å²) in [6.07, 6.45) is 0. The Morgan fingerprint density at radius 2 is 0.733 bits per heavy atom. The molecule has 0 atom stereocenters. The average molecular weight is 277 g/mol. The van der Waals surface area contributed by atoms with Crippen LogP contribution in [0.15, 0.2) is 0 Å². The molecular weight excluding hydrogens is 271 g/mol. The molecule has 14 nitrogen and oxygen atoms in total. The van der Waals surface area contributed by atoms with Gasteiger partial charge < -0.3 is 12.3 Å².